The minimum atomic E-state index is -0.887. The molecular formula is C17H25NO3. The number of likely N-dealkylation sites (tertiary alicyclic amines) is 1. The van der Waals surface area contributed by atoms with E-state index >= 15 is 0 Å². The molecule has 1 N–H and O–H groups in total. The van der Waals surface area contributed by atoms with Crippen molar-refractivity contribution in [2.45, 2.75) is 58.0 Å². The third-order valence-corrected chi connectivity index (χ3v) is 5.59. The van der Waals surface area contributed by atoms with E-state index in [1.54, 1.807) is 0 Å². The number of allylic oxidation sites excluding steroid dienone is 2. The molecule has 0 radical (unpaired) electrons. The first-order valence-electron chi connectivity index (χ1n) is 8.04. The van der Waals surface area contributed by atoms with Crippen LogP contribution in [0.1, 0.15) is 52.4 Å². The summed E-state index contributed by atoms with van der Waals surface area (Å²) in [7, 11) is 0. The van der Waals surface area contributed by atoms with Crippen LogP contribution in [0.2, 0.25) is 0 Å². The predicted octanol–water partition coefficient (Wildman–Crippen LogP) is 2.27. The minimum Gasteiger partial charge on any atom is -0.388 e. The number of carbonyl (C=O) groups is 2. The molecule has 0 aromatic heterocycles. The Morgan fingerprint density at radius 3 is 2.00 bits per heavy atom. The molecule has 1 saturated carbocycles. The molecule has 3 rings (SSSR count). The highest BCUT2D eigenvalue weighted by atomic mass is 16.3. The van der Waals surface area contributed by atoms with Crippen LogP contribution in [0.25, 0.3) is 0 Å². The van der Waals surface area contributed by atoms with E-state index in [4.69, 9.17) is 0 Å². The standard InChI is InChI=1S/C17H25NO3/c1-16(2)7-9-17(21,10-8-16)11-18-14(19)12-5-3-4-6-13(12)15(18)20/h3-4,12-13,21H,5-11H2,1-2H3/t12-,13+. The van der Waals surface area contributed by atoms with Gasteiger partial charge in [0.1, 0.15) is 0 Å². The molecule has 21 heavy (non-hydrogen) atoms. The van der Waals surface area contributed by atoms with Gasteiger partial charge in [-0.3, -0.25) is 14.5 Å². The maximum Gasteiger partial charge on any atom is 0.233 e. The Morgan fingerprint density at radius 1 is 1.05 bits per heavy atom. The van der Waals surface area contributed by atoms with Gasteiger partial charge >= 0.3 is 0 Å². The first kappa shape index (κ1) is 14.8. The predicted molar refractivity (Wildman–Crippen MR) is 79.3 cm³/mol. The van der Waals surface area contributed by atoms with Gasteiger partial charge in [0, 0.05) is 0 Å². The Kier molecular flexibility index (Phi) is 3.47. The van der Waals surface area contributed by atoms with E-state index < -0.39 is 5.60 Å². The molecule has 4 nitrogen and oxygen atoms in total. The van der Waals surface area contributed by atoms with Gasteiger partial charge in [0.15, 0.2) is 0 Å². The Bertz CT molecular complexity index is 458. The summed E-state index contributed by atoms with van der Waals surface area (Å²) in [6.07, 6.45) is 8.54. The normalized spacial score (nSPS) is 34.1. The fraction of sp³-hybridized carbons (Fsp3) is 0.765. The van der Waals surface area contributed by atoms with E-state index in [0.717, 1.165) is 12.8 Å². The first-order chi connectivity index (χ1) is 9.81. The lowest BCUT2D eigenvalue weighted by Gasteiger charge is -2.41. The van der Waals surface area contributed by atoms with Crippen molar-refractivity contribution in [1.82, 2.24) is 4.90 Å². The third-order valence-electron chi connectivity index (χ3n) is 5.59. The lowest BCUT2D eigenvalue weighted by molar-refractivity contribution is -0.146. The van der Waals surface area contributed by atoms with Gasteiger partial charge in [-0.05, 0) is 43.9 Å². The van der Waals surface area contributed by atoms with E-state index in [0.29, 0.717) is 25.7 Å². The molecular weight excluding hydrogens is 266 g/mol. The summed E-state index contributed by atoms with van der Waals surface area (Å²) in [5.74, 6) is -0.530. The van der Waals surface area contributed by atoms with Crippen LogP contribution in [0.4, 0.5) is 0 Å². The van der Waals surface area contributed by atoms with Crippen LogP contribution in [0.3, 0.4) is 0 Å². The largest absolute Gasteiger partial charge is 0.388 e. The zero-order chi connectivity index (χ0) is 15.3. The zero-order valence-electron chi connectivity index (χ0n) is 13.0. The average Bonchev–Trinajstić information content (AvgIpc) is 2.69. The summed E-state index contributed by atoms with van der Waals surface area (Å²) in [5, 5.41) is 10.8. The summed E-state index contributed by atoms with van der Waals surface area (Å²) >= 11 is 0. The SMILES string of the molecule is CC1(C)CCC(O)(CN2C(=O)[C@H]3CC=CC[C@H]3C2=O)CC1. The van der Waals surface area contributed by atoms with E-state index in [1.807, 2.05) is 12.2 Å². The molecule has 0 bridgehead atoms. The number of aliphatic hydroxyl groups is 1. The van der Waals surface area contributed by atoms with Crippen LogP contribution in [-0.2, 0) is 9.59 Å². The number of carbonyl (C=O) groups excluding carboxylic acids is 2. The van der Waals surface area contributed by atoms with Crippen LogP contribution in [0, 0.1) is 17.3 Å². The second-order valence-electron chi connectivity index (χ2n) is 7.81. The fourth-order valence-corrected chi connectivity index (χ4v) is 3.87. The van der Waals surface area contributed by atoms with Crippen LogP contribution in [-0.4, -0.2) is 34.0 Å². The highest BCUT2D eigenvalue weighted by Crippen LogP contribution is 2.42. The summed E-state index contributed by atoms with van der Waals surface area (Å²) in [6.45, 7) is 4.60. The van der Waals surface area contributed by atoms with Crippen LogP contribution < -0.4 is 0 Å². The maximum atomic E-state index is 12.5. The molecule has 1 saturated heterocycles. The van der Waals surface area contributed by atoms with Crippen molar-refractivity contribution in [3.8, 4) is 0 Å². The molecule has 2 aliphatic carbocycles. The quantitative estimate of drug-likeness (QED) is 0.627. The van der Waals surface area contributed by atoms with Crippen LogP contribution in [0.15, 0.2) is 12.2 Å². The number of imide groups is 1. The Balaban J connectivity index is 1.71. The van der Waals surface area contributed by atoms with Gasteiger partial charge < -0.3 is 5.11 Å². The number of β-amino-alcohol motifs (C(OH)–C–C–N with tert-alkyl or cyclic N) is 1. The summed E-state index contributed by atoms with van der Waals surface area (Å²) < 4.78 is 0. The topological polar surface area (TPSA) is 57.6 Å². The molecule has 0 unspecified atom stereocenters. The molecule has 0 aromatic carbocycles. The van der Waals surface area contributed by atoms with Gasteiger partial charge in [-0.2, -0.15) is 0 Å². The number of hydrogen-bond donors (Lipinski definition) is 1. The van der Waals surface area contributed by atoms with E-state index in [9.17, 15) is 14.7 Å². The molecule has 2 atom stereocenters. The maximum absolute atomic E-state index is 12.5. The molecule has 4 heteroatoms. The van der Waals surface area contributed by atoms with Gasteiger partial charge in [-0.1, -0.05) is 26.0 Å². The number of hydrogen-bond acceptors (Lipinski definition) is 3. The molecule has 1 aliphatic heterocycles. The fourth-order valence-electron chi connectivity index (χ4n) is 3.87. The lowest BCUT2D eigenvalue weighted by atomic mass is 9.71. The van der Waals surface area contributed by atoms with Gasteiger partial charge in [-0.25, -0.2) is 0 Å². The first-order valence-corrected chi connectivity index (χ1v) is 8.04. The summed E-state index contributed by atoms with van der Waals surface area (Å²) in [5.41, 5.74) is -0.634. The second kappa shape index (κ2) is 4.94. The van der Waals surface area contributed by atoms with Crippen molar-refractivity contribution in [1.29, 1.82) is 0 Å². The molecule has 2 amide bonds. The van der Waals surface area contributed by atoms with Crippen molar-refractivity contribution < 1.29 is 14.7 Å². The Labute approximate surface area is 126 Å². The summed E-state index contributed by atoms with van der Waals surface area (Å²) in [4.78, 5) is 26.3. The number of rotatable bonds is 2. The Morgan fingerprint density at radius 2 is 1.52 bits per heavy atom. The van der Waals surface area contributed by atoms with E-state index in [1.165, 1.54) is 4.90 Å². The van der Waals surface area contributed by atoms with Crippen molar-refractivity contribution in [2.24, 2.45) is 17.3 Å². The van der Waals surface area contributed by atoms with E-state index in [2.05, 4.69) is 13.8 Å². The summed E-state index contributed by atoms with van der Waals surface area (Å²) in [6, 6.07) is 0. The highest BCUT2D eigenvalue weighted by Gasteiger charge is 2.50. The molecule has 0 aromatic rings. The smallest absolute Gasteiger partial charge is 0.233 e. The van der Waals surface area contributed by atoms with Crippen molar-refractivity contribution >= 4 is 11.8 Å². The molecule has 3 aliphatic rings. The van der Waals surface area contributed by atoms with Gasteiger partial charge in [0.05, 0.1) is 24.0 Å². The molecule has 2 fully saturated rings. The number of amides is 2. The average molecular weight is 291 g/mol. The highest BCUT2D eigenvalue weighted by molar-refractivity contribution is 6.05. The second-order valence-corrected chi connectivity index (χ2v) is 7.81. The van der Waals surface area contributed by atoms with Crippen molar-refractivity contribution in [2.75, 3.05) is 6.54 Å². The zero-order valence-corrected chi connectivity index (χ0v) is 13.0. The third kappa shape index (κ3) is 2.66. The van der Waals surface area contributed by atoms with E-state index in [-0.39, 0.29) is 35.6 Å². The van der Waals surface area contributed by atoms with Gasteiger partial charge in [0.25, 0.3) is 0 Å². The van der Waals surface area contributed by atoms with Crippen LogP contribution in [0.5, 0.6) is 0 Å². The minimum absolute atomic E-state index is 0.0763. The van der Waals surface area contributed by atoms with Gasteiger partial charge in [0.2, 0.25) is 11.8 Å². The number of fused-ring (bicyclic) bond motifs is 1. The van der Waals surface area contributed by atoms with Gasteiger partial charge in [-0.15, -0.1) is 0 Å². The lowest BCUT2D eigenvalue weighted by Crippen LogP contribution is -2.48. The monoisotopic (exact) mass is 291 g/mol. The van der Waals surface area contributed by atoms with Crippen molar-refractivity contribution in [3.05, 3.63) is 12.2 Å². The number of nitrogens with zero attached hydrogens (tertiary/aromatic N) is 1. The molecule has 0 spiro atoms. The van der Waals surface area contributed by atoms with Crippen molar-refractivity contribution in [3.63, 3.8) is 0 Å². The molecule has 1 heterocycles. The Hall–Kier alpha value is -1.16. The van der Waals surface area contributed by atoms with Crippen LogP contribution >= 0.6 is 0 Å². The molecule has 116 valence electrons.